The molecule has 0 saturated heterocycles. The number of benzene rings is 2. The molecule has 1 fully saturated rings. The zero-order chi connectivity index (χ0) is 18.0. The van der Waals surface area contributed by atoms with Crippen LogP contribution in [-0.2, 0) is 6.42 Å². The normalized spacial score (nSPS) is 13.3. The van der Waals surface area contributed by atoms with Crippen LogP contribution < -0.4 is 4.90 Å². The third-order valence-electron chi connectivity index (χ3n) is 4.72. The van der Waals surface area contributed by atoms with E-state index in [0.717, 1.165) is 48.2 Å². The molecule has 1 aliphatic rings. The van der Waals surface area contributed by atoms with Gasteiger partial charge in [0.15, 0.2) is 0 Å². The van der Waals surface area contributed by atoms with Gasteiger partial charge in [-0.2, -0.15) is 0 Å². The topological polar surface area (TPSA) is 46.4 Å². The molecule has 2 aromatic carbocycles. The predicted molar refractivity (Wildman–Crippen MR) is 98.0 cm³/mol. The largest absolute Gasteiger partial charge is 0.344 e. The molecule has 0 amide bonds. The first kappa shape index (κ1) is 17.1. The lowest BCUT2D eigenvalue weighted by atomic mass is 9.87. The first-order chi connectivity index (χ1) is 12.0. The summed E-state index contributed by atoms with van der Waals surface area (Å²) >= 11 is 0. The van der Waals surface area contributed by atoms with E-state index in [9.17, 15) is 14.5 Å². The SMILES string of the molecule is CCc1cc(F)cc(N(C)C(=C2CCC2)c2ccc([N+](=O)[O-])cc2)c1. The Balaban J connectivity index is 2.02. The smallest absolute Gasteiger partial charge is 0.269 e. The lowest BCUT2D eigenvalue weighted by molar-refractivity contribution is -0.384. The van der Waals surface area contributed by atoms with E-state index in [2.05, 4.69) is 0 Å². The van der Waals surface area contributed by atoms with Gasteiger partial charge in [0, 0.05) is 30.6 Å². The molecule has 0 bridgehead atoms. The van der Waals surface area contributed by atoms with Crippen LogP contribution in [0.1, 0.15) is 37.3 Å². The molecule has 0 unspecified atom stereocenters. The van der Waals surface area contributed by atoms with Gasteiger partial charge in [-0.3, -0.25) is 10.1 Å². The highest BCUT2D eigenvalue weighted by molar-refractivity contribution is 5.82. The van der Waals surface area contributed by atoms with Gasteiger partial charge >= 0.3 is 0 Å². The number of rotatable bonds is 5. The summed E-state index contributed by atoms with van der Waals surface area (Å²) < 4.78 is 14.0. The fourth-order valence-electron chi connectivity index (χ4n) is 3.13. The van der Waals surface area contributed by atoms with E-state index in [-0.39, 0.29) is 11.5 Å². The molecule has 0 spiro atoms. The Morgan fingerprint density at radius 1 is 1.20 bits per heavy atom. The molecule has 0 heterocycles. The van der Waals surface area contributed by atoms with Gasteiger partial charge in [0.05, 0.1) is 4.92 Å². The average molecular weight is 340 g/mol. The highest BCUT2D eigenvalue weighted by atomic mass is 19.1. The minimum Gasteiger partial charge on any atom is -0.344 e. The number of anilines is 1. The predicted octanol–water partition coefficient (Wildman–Crippen LogP) is 5.33. The fourth-order valence-corrected chi connectivity index (χ4v) is 3.13. The second-order valence-electron chi connectivity index (χ2n) is 6.34. The molecule has 3 rings (SSSR count). The lowest BCUT2D eigenvalue weighted by Crippen LogP contribution is -2.20. The summed E-state index contributed by atoms with van der Waals surface area (Å²) in [5.41, 5.74) is 5.06. The molecule has 5 heteroatoms. The maximum Gasteiger partial charge on any atom is 0.269 e. The van der Waals surface area contributed by atoms with Gasteiger partial charge in [0.25, 0.3) is 5.69 Å². The molecular formula is C20H21FN2O2. The van der Waals surface area contributed by atoms with Crippen LogP contribution in [0.5, 0.6) is 0 Å². The Morgan fingerprint density at radius 3 is 2.40 bits per heavy atom. The van der Waals surface area contributed by atoms with Crippen LogP contribution in [0.4, 0.5) is 15.8 Å². The molecule has 1 saturated carbocycles. The Morgan fingerprint density at radius 2 is 1.88 bits per heavy atom. The monoisotopic (exact) mass is 340 g/mol. The van der Waals surface area contributed by atoms with Crippen molar-refractivity contribution in [2.45, 2.75) is 32.6 Å². The number of hydrogen-bond donors (Lipinski definition) is 0. The third-order valence-corrected chi connectivity index (χ3v) is 4.72. The van der Waals surface area contributed by atoms with E-state index in [1.54, 1.807) is 18.2 Å². The van der Waals surface area contributed by atoms with E-state index in [4.69, 9.17) is 0 Å². The Hall–Kier alpha value is -2.69. The van der Waals surface area contributed by atoms with Crippen LogP contribution in [0.25, 0.3) is 5.70 Å². The van der Waals surface area contributed by atoms with Crippen molar-refractivity contribution in [1.82, 2.24) is 0 Å². The van der Waals surface area contributed by atoms with Crippen molar-refractivity contribution in [1.29, 1.82) is 0 Å². The zero-order valence-corrected chi connectivity index (χ0v) is 14.5. The molecule has 25 heavy (non-hydrogen) atoms. The number of non-ortho nitro benzene ring substituents is 1. The lowest BCUT2D eigenvalue weighted by Gasteiger charge is -2.30. The standard InChI is InChI=1S/C20H21FN2O2/c1-3-14-11-17(21)13-19(12-14)22(2)20(15-5-4-6-15)16-7-9-18(10-8-16)23(24)25/h7-13H,3-6H2,1-2H3. The van der Waals surface area contributed by atoms with Crippen molar-refractivity contribution in [3.8, 4) is 0 Å². The fraction of sp³-hybridized carbons (Fsp3) is 0.300. The van der Waals surface area contributed by atoms with Crippen LogP contribution in [0.3, 0.4) is 0 Å². The van der Waals surface area contributed by atoms with E-state index >= 15 is 0 Å². The van der Waals surface area contributed by atoms with E-state index in [1.807, 2.05) is 24.9 Å². The van der Waals surface area contributed by atoms with Crippen molar-refractivity contribution >= 4 is 17.1 Å². The van der Waals surface area contributed by atoms with E-state index in [0.29, 0.717) is 0 Å². The van der Waals surface area contributed by atoms with Gasteiger partial charge in [0.2, 0.25) is 0 Å². The molecule has 1 aliphatic carbocycles. The maximum absolute atomic E-state index is 14.0. The van der Waals surface area contributed by atoms with Gasteiger partial charge in [-0.15, -0.1) is 0 Å². The molecule has 4 nitrogen and oxygen atoms in total. The van der Waals surface area contributed by atoms with Crippen LogP contribution in [0.15, 0.2) is 48.0 Å². The number of allylic oxidation sites excluding steroid dienone is 1. The highest BCUT2D eigenvalue weighted by Gasteiger charge is 2.21. The molecule has 0 radical (unpaired) electrons. The molecular weight excluding hydrogens is 319 g/mol. The van der Waals surface area contributed by atoms with Crippen molar-refractivity contribution < 1.29 is 9.31 Å². The van der Waals surface area contributed by atoms with Crippen LogP contribution in [0, 0.1) is 15.9 Å². The molecule has 0 aromatic heterocycles. The molecule has 2 aromatic rings. The Labute approximate surface area is 146 Å². The van der Waals surface area contributed by atoms with Crippen LogP contribution in [0.2, 0.25) is 0 Å². The van der Waals surface area contributed by atoms with Gasteiger partial charge in [0.1, 0.15) is 5.82 Å². The third kappa shape index (κ3) is 3.55. The number of nitrogens with zero attached hydrogens (tertiary/aromatic N) is 2. The minimum absolute atomic E-state index is 0.0726. The average Bonchev–Trinajstić information content (AvgIpc) is 2.56. The molecule has 0 N–H and O–H groups in total. The highest BCUT2D eigenvalue weighted by Crippen LogP contribution is 2.37. The maximum atomic E-state index is 14.0. The zero-order valence-electron chi connectivity index (χ0n) is 14.5. The van der Waals surface area contributed by atoms with Crippen LogP contribution >= 0.6 is 0 Å². The van der Waals surface area contributed by atoms with Gasteiger partial charge in [-0.1, -0.05) is 6.92 Å². The van der Waals surface area contributed by atoms with Crippen molar-refractivity contribution in [2.75, 3.05) is 11.9 Å². The molecule has 0 aliphatic heterocycles. The van der Waals surface area contributed by atoms with Gasteiger partial charge < -0.3 is 4.90 Å². The van der Waals surface area contributed by atoms with Crippen LogP contribution in [-0.4, -0.2) is 12.0 Å². The first-order valence-corrected chi connectivity index (χ1v) is 8.49. The van der Waals surface area contributed by atoms with E-state index < -0.39 is 4.92 Å². The minimum atomic E-state index is -0.399. The van der Waals surface area contributed by atoms with Crippen molar-refractivity contribution in [3.05, 3.63) is 75.1 Å². The second-order valence-corrected chi connectivity index (χ2v) is 6.34. The number of nitro groups is 1. The number of halogens is 1. The summed E-state index contributed by atoms with van der Waals surface area (Å²) in [4.78, 5) is 12.5. The summed E-state index contributed by atoms with van der Waals surface area (Å²) in [6.45, 7) is 2.00. The van der Waals surface area contributed by atoms with Crippen molar-refractivity contribution in [2.24, 2.45) is 0 Å². The van der Waals surface area contributed by atoms with Gasteiger partial charge in [-0.25, -0.2) is 4.39 Å². The Bertz CT molecular complexity index is 822. The number of nitro benzene ring substituents is 1. The second kappa shape index (κ2) is 7.05. The molecule has 130 valence electrons. The number of hydrogen-bond acceptors (Lipinski definition) is 3. The van der Waals surface area contributed by atoms with Crippen molar-refractivity contribution in [3.63, 3.8) is 0 Å². The summed E-state index contributed by atoms with van der Waals surface area (Å²) in [6.07, 6.45) is 3.92. The Kier molecular flexibility index (Phi) is 4.83. The summed E-state index contributed by atoms with van der Waals surface area (Å²) in [7, 11) is 1.93. The summed E-state index contributed by atoms with van der Waals surface area (Å²) in [6, 6.07) is 11.7. The quantitative estimate of drug-likeness (QED) is 0.546. The summed E-state index contributed by atoms with van der Waals surface area (Å²) in [5.74, 6) is -0.247. The van der Waals surface area contributed by atoms with Gasteiger partial charge in [-0.05, 0) is 72.7 Å². The number of aryl methyl sites for hydroxylation is 1. The summed E-state index contributed by atoms with van der Waals surface area (Å²) in [5, 5.41) is 10.9. The first-order valence-electron chi connectivity index (χ1n) is 8.49. The molecule has 0 atom stereocenters. The van der Waals surface area contributed by atoms with E-state index in [1.165, 1.54) is 23.8 Å².